The van der Waals surface area contributed by atoms with Crippen molar-refractivity contribution in [3.8, 4) is 0 Å². The first kappa shape index (κ1) is 12.9. The molecular weight excluding hydrogens is 250 g/mol. The summed E-state index contributed by atoms with van der Waals surface area (Å²) >= 11 is 0. The van der Waals surface area contributed by atoms with Crippen molar-refractivity contribution < 1.29 is 9.63 Å². The molecule has 0 N–H and O–H groups in total. The van der Waals surface area contributed by atoms with E-state index in [1.54, 1.807) is 5.06 Å². The highest BCUT2D eigenvalue weighted by Gasteiger charge is 2.41. The Morgan fingerprint density at radius 1 is 1.00 bits per heavy atom. The lowest BCUT2D eigenvalue weighted by Gasteiger charge is -2.23. The van der Waals surface area contributed by atoms with Crippen LogP contribution in [0.2, 0.25) is 0 Å². The van der Waals surface area contributed by atoms with Crippen molar-refractivity contribution in [3.05, 3.63) is 71.8 Å². The van der Waals surface area contributed by atoms with Crippen molar-refractivity contribution in [1.29, 1.82) is 0 Å². The number of hydrogen-bond donors (Lipinski definition) is 0. The molecule has 0 aliphatic carbocycles. The van der Waals surface area contributed by atoms with Crippen LogP contribution >= 0.6 is 0 Å². The predicted molar refractivity (Wildman–Crippen MR) is 76.4 cm³/mol. The molecule has 0 bridgehead atoms. The normalized spacial score (nSPS) is 22.8. The molecule has 3 heteroatoms. The van der Waals surface area contributed by atoms with E-state index in [-0.39, 0.29) is 17.9 Å². The molecule has 1 fully saturated rings. The number of hydrogen-bond acceptors (Lipinski definition) is 3. The molecule has 102 valence electrons. The average Bonchev–Trinajstić information content (AvgIpc) is 2.76. The topological polar surface area (TPSA) is 29.5 Å². The minimum absolute atomic E-state index is 0.0242. The molecular formula is C17H17NO2. The highest BCUT2D eigenvalue weighted by Crippen LogP contribution is 2.36. The van der Waals surface area contributed by atoms with Gasteiger partial charge in [0.15, 0.2) is 0 Å². The Labute approximate surface area is 118 Å². The van der Waals surface area contributed by atoms with Crippen LogP contribution in [-0.2, 0) is 16.2 Å². The van der Waals surface area contributed by atoms with Crippen molar-refractivity contribution >= 4 is 5.97 Å². The molecule has 2 atom stereocenters. The number of hydroxylamine groups is 2. The van der Waals surface area contributed by atoms with Gasteiger partial charge >= 0.3 is 5.97 Å². The molecule has 1 aliphatic rings. The Morgan fingerprint density at radius 3 is 2.25 bits per heavy atom. The van der Waals surface area contributed by atoms with Gasteiger partial charge in [-0.15, -0.1) is 5.06 Å². The van der Waals surface area contributed by atoms with Crippen LogP contribution in [0.4, 0.5) is 0 Å². The largest absolute Gasteiger partial charge is 0.367 e. The minimum Gasteiger partial charge on any atom is -0.367 e. The molecule has 2 aromatic carbocycles. The zero-order valence-corrected chi connectivity index (χ0v) is 11.4. The Balaban J connectivity index is 1.87. The summed E-state index contributed by atoms with van der Waals surface area (Å²) in [6.07, 6.45) is 0. The standard InChI is InChI=1S/C17H17NO2/c1-13-16(15-10-6-3-7-11-15)18(20-17(13)19)12-14-8-4-2-5-9-14/h2-11,13,16H,12H2,1H3/t13-,16-/m1/s1. The molecule has 3 rings (SSSR count). The van der Waals surface area contributed by atoms with E-state index in [4.69, 9.17) is 4.84 Å². The Morgan fingerprint density at radius 2 is 1.60 bits per heavy atom. The summed E-state index contributed by atoms with van der Waals surface area (Å²) in [6.45, 7) is 2.53. The van der Waals surface area contributed by atoms with Gasteiger partial charge < -0.3 is 4.84 Å². The fourth-order valence-electron chi connectivity index (χ4n) is 2.63. The van der Waals surface area contributed by atoms with Gasteiger partial charge in [-0.1, -0.05) is 60.7 Å². The number of nitrogens with zero attached hydrogens (tertiary/aromatic N) is 1. The molecule has 0 unspecified atom stereocenters. The van der Waals surface area contributed by atoms with Crippen molar-refractivity contribution in [2.24, 2.45) is 5.92 Å². The number of benzene rings is 2. The summed E-state index contributed by atoms with van der Waals surface area (Å²) in [4.78, 5) is 17.3. The first-order valence-electron chi connectivity index (χ1n) is 6.83. The lowest BCUT2D eigenvalue weighted by atomic mass is 9.95. The van der Waals surface area contributed by atoms with Crippen molar-refractivity contribution in [1.82, 2.24) is 5.06 Å². The van der Waals surface area contributed by atoms with Gasteiger partial charge in [0.05, 0.1) is 18.5 Å². The average molecular weight is 267 g/mol. The van der Waals surface area contributed by atoms with E-state index in [1.165, 1.54) is 0 Å². The van der Waals surface area contributed by atoms with E-state index in [2.05, 4.69) is 0 Å². The van der Waals surface area contributed by atoms with Gasteiger partial charge in [-0.05, 0) is 18.1 Å². The fraction of sp³-hybridized carbons (Fsp3) is 0.235. The van der Waals surface area contributed by atoms with Crippen LogP contribution in [0.3, 0.4) is 0 Å². The molecule has 0 saturated carbocycles. The van der Waals surface area contributed by atoms with Crippen molar-refractivity contribution in [2.75, 3.05) is 0 Å². The van der Waals surface area contributed by atoms with Gasteiger partial charge in [-0.3, -0.25) is 0 Å². The van der Waals surface area contributed by atoms with Gasteiger partial charge in [0.2, 0.25) is 0 Å². The maximum Gasteiger partial charge on any atom is 0.329 e. The lowest BCUT2D eigenvalue weighted by molar-refractivity contribution is -0.178. The second kappa shape index (κ2) is 5.47. The van der Waals surface area contributed by atoms with Crippen LogP contribution in [0.25, 0.3) is 0 Å². The van der Waals surface area contributed by atoms with Crippen LogP contribution in [0.1, 0.15) is 24.1 Å². The Kier molecular flexibility index (Phi) is 3.52. The highest BCUT2D eigenvalue weighted by atomic mass is 16.7. The summed E-state index contributed by atoms with van der Waals surface area (Å²) < 4.78 is 0. The smallest absolute Gasteiger partial charge is 0.329 e. The van der Waals surface area contributed by atoms with Crippen molar-refractivity contribution in [3.63, 3.8) is 0 Å². The predicted octanol–water partition coefficient (Wildman–Crippen LogP) is 3.34. The molecule has 0 spiro atoms. The molecule has 0 radical (unpaired) electrons. The molecule has 2 aromatic rings. The van der Waals surface area contributed by atoms with Crippen molar-refractivity contribution in [2.45, 2.75) is 19.5 Å². The van der Waals surface area contributed by atoms with Gasteiger partial charge in [-0.2, -0.15) is 0 Å². The number of carbonyl (C=O) groups excluding carboxylic acids is 1. The first-order chi connectivity index (χ1) is 9.75. The van der Waals surface area contributed by atoms with Crippen LogP contribution in [0.5, 0.6) is 0 Å². The van der Waals surface area contributed by atoms with E-state index in [9.17, 15) is 4.79 Å². The van der Waals surface area contributed by atoms with Crippen LogP contribution < -0.4 is 0 Å². The molecule has 1 aliphatic heterocycles. The van der Waals surface area contributed by atoms with Gasteiger partial charge in [0.25, 0.3) is 0 Å². The quantitative estimate of drug-likeness (QED) is 0.854. The van der Waals surface area contributed by atoms with E-state index < -0.39 is 0 Å². The zero-order chi connectivity index (χ0) is 13.9. The monoisotopic (exact) mass is 267 g/mol. The summed E-state index contributed by atoms with van der Waals surface area (Å²) in [6, 6.07) is 20.1. The molecule has 3 nitrogen and oxygen atoms in total. The third-order valence-electron chi connectivity index (χ3n) is 3.69. The molecule has 0 amide bonds. The lowest BCUT2D eigenvalue weighted by Crippen LogP contribution is -2.23. The molecule has 1 saturated heterocycles. The van der Waals surface area contributed by atoms with E-state index in [0.717, 1.165) is 11.1 Å². The third-order valence-corrected chi connectivity index (χ3v) is 3.69. The first-order valence-corrected chi connectivity index (χ1v) is 6.83. The maximum atomic E-state index is 11.9. The summed E-state index contributed by atoms with van der Waals surface area (Å²) in [5.74, 6) is -0.309. The SMILES string of the molecule is C[C@H]1C(=O)ON(Cc2ccccc2)[C@H]1c1ccccc1. The highest BCUT2D eigenvalue weighted by molar-refractivity contribution is 5.74. The van der Waals surface area contributed by atoms with Gasteiger partial charge in [0, 0.05) is 0 Å². The summed E-state index contributed by atoms with van der Waals surface area (Å²) in [7, 11) is 0. The minimum atomic E-state index is -0.158. The van der Waals surface area contributed by atoms with Gasteiger partial charge in [0.1, 0.15) is 0 Å². The zero-order valence-electron chi connectivity index (χ0n) is 11.4. The van der Waals surface area contributed by atoms with E-state index >= 15 is 0 Å². The fourth-order valence-corrected chi connectivity index (χ4v) is 2.63. The third kappa shape index (κ3) is 2.45. The molecule has 1 heterocycles. The van der Waals surface area contributed by atoms with Crippen LogP contribution in [0.15, 0.2) is 60.7 Å². The maximum absolute atomic E-state index is 11.9. The second-order valence-corrected chi connectivity index (χ2v) is 5.12. The van der Waals surface area contributed by atoms with E-state index in [0.29, 0.717) is 6.54 Å². The Hall–Kier alpha value is -2.13. The second-order valence-electron chi connectivity index (χ2n) is 5.12. The summed E-state index contributed by atoms with van der Waals surface area (Å²) in [5.41, 5.74) is 2.25. The number of rotatable bonds is 3. The summed E-state index contributed by atoms with van der Waals surface area (Å²) in [5, 5.41) is 1.79. The van der Waals surface area contributed by atoms with Gasteiger partial charge in [-0.25, -0.2) is 4.79 Å². The van der Waals surface area contributed by atoms with Crippen LogP contribution in [0, 0.1) is 5.92 Å². The Bertz CT molecular complexity index is 582. The molecule has 0 aromatic heterocycles. The van der Waals surface area contributed by atoms with Crippen LogP contribution in [-0.4, -0.2) is 11.0 Å². The van der Waals surface area contributed by atoms with E-state index in [1.807, 2.05) is 67.6 Å². The molecule has 20 heavy (non-hydrogen) atoms. The number of carbonyl (C=O) groups is 1.